The number of aliphatic hydroxyl groups excluding tert-OH is 1. The predicted octanol–water partition coefficient (Wildman–Crippen LogP) is 2.44. The first-order valence-corrected chi connectivity index (χ1v) is 6.78. The van der Waals surface area contributed by atoms with E-state index in [4.69, 9.17) is 9.84 Å². The summed E-state index contributed by atoms with van der Waals surface area (Å²) in [5.41, 5.74) is 2.21. The zero-order valence-corrected chi connectivity index (χ0v) is 11.3. The van der Waals surface area contributed by atoms with Crippen LogP contribution >= 0.6 is 15.9 Å². The number of benzene rings is 1. The molecule has 0 fully saturated rings. The van der Waals surface area contributed by atoms with Crippen LogP contribution in [0.25, 0.3) is 0 Å². The van der Waals surface area contributed by atoms with Gasteiger partial charge >= 0.3 is 5.97 Å². The number of carbonyl (C=O) groups is 1. The molecule has 0 bridgehead atoms. The number of unbranched alkanes of at least 4 members (excludes halogenated alkanes) is 1. The van der Waals surface area contributed by atoms with Crippen LogP contribution < -0.4 is 0 Å². The van der Waals surface area contributed by atoms with Gasteiger partial charge in [-0.25, -0.2) is 0 Å². The van der Waals surface area contributed by atoms with Gasteiger partial charge in [0, 0.05) is 6.61 Å². The van der Waals surface area contributed by atoms with Crippen LogP contribution in [0.4, 0.5) is 0 Å². The number of hydrogen-bond donors (Lipinski definition) is 1. The Kier molecular flexibility index (Phi) is 6.89. The Morgan fingerprint density at radius 3 is 2.76 bits per heavy atom. The highest BCUT2D eigenvalue weighted by Crippen LogP contribution is 2.10. The van der Waals surface area contributed by atoms with Gasteiger partial charge in [0.25, 0.3) is 0 Å². The van der Waals surface area contributed by atoms with Crippen molar-refractivity contribution in [3.05, 3.63) is 35.4 Å². The van der Waals surface area contributed by atoms with Gasteiger partial charge in [-0.2, -0.15) is 0 Å². The third-order valence-electron chi connectivity index (χ3n) is 2.37. The number of ether oxygens (including phenoxy) is 1. The van der Waals surface area contributed by atoms with Crippen LogP contribution in [0.2, 0.25) is 0 Å². The van der Waals surface area contributed by atoms with Crippen molar-refractivity contribution in [3.8, 4) is 0 Å². The molecule has 0 amide bonds. The Hall–Kier alpha value is -0.870. The Labute approximate surface area is 110 Å². The molecule has 0 aliphatic heterocycles. The van der Waals surface area contributed by atoms with E-state index in [1.165, 1.54) is 5.56 Å². The predicted molar refractivity (Wildman–Crippen MR) is 70.1 cm³/mol. The molecule has 0 atom stereocenters. The van der Waals surface area contributed by atoms with E-state index in [2.05, 4.69) is 15.9 Å². The average Bonchev–Trinajstić information content (AvgIpc) is 2.37. The van der Waals surface area contributed by atoms with Crippen molar-refractivity contribution in [1.29, 1.82) is 0 Å². The molecular weight excluding hydrogens is 284 g/mol. The second-order valence-electron chi connectivity index (χ2n) is 3.79. The molecule has 17 heavy (non-hydrogen) atoms. The van der Waals surface area contributed by atoms with Crippen molar-refractivity contribution in [2.45, 2.75) is 25.9 Å². The third-order valence-corrected chi connectivity index (χ3v) is 2.83. The largest absolute Gasteiger partial charge is 0.460 e. The van der Waals surface area contributed by atoms with Crippen molar-refractivity contribution in [2.24, 2.45) is 0 Å². The summed E-state index contributed by atoms with van der Waals surface area (Å²) in [5.74, 6) is -0.254. The van der Waals surface area contributed by atoms with E-state index >= 15 is 0 Å². The van der Waals surface area contributed by atoms with Crippen molar-refractivity contribution in [3.63, 3.8) is 0 Å². The normalized spacial score (nSPS) is 10.2. The lowest BCUT2D eigenvalue weighted by atomic mass is 10.1. The summed E-state index contributed by atoms with van der Waals surface area (Å²) >= 11 is 3.05. The zero-order valence-electron chi connectivity index (χ0n) is 9.69. The van der Waals surface area contributed by atoms with Crippen molar-refractivity contribution in [1.82, 2.24) is 0 Å². The number of hydrogen-bond acceptors (Lipinski definition) is 3. The molecule has 0 spiro atoms. The van der Waals surface area contributed by atoms with Gasteiger partial charge in [0.2, 0.25) is 0 Å². The molecule has 0 aliphatic carbocycles. The summed E-state index contributed by atoms with van der Waals surface area (Å²) in [5, 5.41) is 8.93. The highest BCUT2D eigenvalue weighted by molar-refractivity contribution is 9.09. The van der Waals surface area contributed by atoms with Gasteiger partial charge in [-0.15, -0.1) is 0 Å². The fourth-order valence-corrected chi connectivity index (χ4v) is 1.68. The highest BCUT2D eigenvalue weighted by atomic mass is 79.9. The molecule has 0 saturated heterocycles. The van der Waals surface area contributed by atoms with Crippen LogP contribution in [-0.2, 0) is 22.6 Å². The molecule has 1 aromatic rings. The number of aliphatic hydroxyl groups is 1. The van der Waals surface area contributed by atoms with Gasteiger partial charge < -0.3 is 9.84 Å². The maximum atomic E-state index is 11.0. The lowest BCUT2D eigenvalue weighted by Gasteiger charge is -2.06. The van der Waals surface area contributed by atoms with Crippen LogP contribution in [0.3, 0.4) is 0 Å². The van der Waals surface area contributed by atoms with Crippen LogP contribution in [-0.4, -0.2) is 23.0 Å². The number of esters is 1. The summed E-state index contributed by atoms with van der Waals surface area (Å²) in [6.07, 6.45) is 2.74. The molecule has 0 heterocycles. The molecule has 0 radical (unpaired) electrons. The van der Waals surface area contributed by atoms with Crippen molar-refractivity contribution >= 4 is 21.9 Å². The number of alkyl halides is 1. The molecule has 0 aliphatic rings. The molecule has 1 rings (SSSR count). The first kappa shape index (κ1) is 14.2. The van der Waals surface area contributed by atoms with Crippen LogP contribution in [0.5, 0.6) is 0 Å². The van der Waals surface area contributed by atoms with E-state index in [0.717, 1.165) is 24.8 Å². The first-order valence-electron chi connectivity index (χ1n) is 5.66. The summed E-state index contributed by atoms with van der Waals surface area (Å²) in [4.78, 5) is 11.0. The average molecular weight is 301 g/mol. The minimum absolute atomic E-state index is 0.225. The number of halogens is 1. The SMILES string of the molecule is O=C(CBr)OCc1cccc(CCCCO)c1. The van der Waals surface area contributed by atoms with Gasteiger partial charge in [0.05, 0.1) is 0 Å². The number of carbonyl (C=O) groups excluding carboxylic acids is 1. The van der Waals surface area contributed by atoms with E-state index in [1.54, 1.807) is 0 Å². The second-order valence-corrected chi connectivity index (χ2v) is 4.36. The van der Waals surface area contributed by atoms with Gasteiger partial charge in [0.15, 0.2) is 0 Å². The van der Waals surface area contributed by atoms with Crippen molar-refractivity contribution < 1.29 is 14.6 Å². The zero-order chi connectivity index (χ0) is 12.5. The fourth-order valence-electron chi connectivity index (χ4n) is 1.52. The van der Waals surface area contributed by atoms with Crippen molar-refractivity contribution in [2.75, 3.05) is 11.9 Å². The monoisotopic (exact) mass is 300 g/mol. The first-order chi connectivity index (χ1) is 8.26. The third kappa shape index (κ3) is 5.84. The highest BCUT2D eigenvalue weighted by Gasteiger charge is 2.01. The number of aryl methyl sites for hydroxylation is 1. The Morgan fingerprint density at radius 1 is 1.29 bits per heavy atom. The maximum absolute atomic E-state index is 11.0. The van der Waals surface area contributed by atoms with Gasteiger partial charge in [0.1, 0.15) is 11.9 Å². The lowest BCUT2D eigenvalue weighted by molar-refractivity contribution is -0.141. The lowest BCUT2D eigenvalue weighted by Crippen LogP contribution is -2.05. The van der Waals surface area contributed by atoms with Gasteiger partial charge in [-0.1, -0.05) is 40.2 Å². The Bertz CT molecular complexity index is 352. The van der Waals surface area contributed by atoms with E-state index < -0.39 is 0 Å². The molecule has 0 unspecified atom stereocenters. The minimum Gasteiger partial charge on any atom is -0.460 e. The summed E-state index contributed by atoms with van der Waals surface area (Å²) in [6.45, 7) is 0.556. The molecule has 0 saturated carbocycles. The standard InChI is InChI=1S/C13H17BrO3/c14-9-13(16)17-10-12-6-3-5-11(8-12)4-1-2-7-15/h3,5-6,8,15H,1-2,4,7,9-10H2. The maximum Gasteiger partial charge on any atom is 0.316 e. The molecule has 3 nitrogen and oxygen atoms in total. The summed E-state index contributed by atoms with van der Waals surface area (Å²) in [7, 11) is 0. The quantitative estimate of drug-likeness (QED) is 0.478. The Morgan fingerprint density at radius 2 is 2.06 bits per heavy atom. The molecular formula is C13H17BrO3. The molecule has 94 valence electrons. The van der Waals surface area contributed by atoms with E-state index in [-0.39, 0.29) is 17.9 Å². The van der Waals surface area contributed by atoms with Crippen LogP contribution in [0, 0.1) is 0 Å². The Balaban J connectivity index is 2.44. The van der Waals surface area contributed by atoms with Gasteiger partial charge in [-0.3, -0.25) is 4.79 Å². The minimum atomic E-state index is -0.254. The van der Waals surface area contributed by atoms with Crippen LogP contribution in [0.1, 0.15) is 24.0 Å². The van der Waals surface area contributed by atoms with Crippen LogP contribution in [0.15, 0.2) is 24.3 Å². The van der Waals surface area contributed by atoms with E-state index in [9.17, 15) is 4.79 Å². The topological polar surface area (TPSA) is 46.5 Å². The molecule has 1 N–H and O–H groups in total. The molecule has 0 aromatic heterocycles. The molecule has 1 aromatic carbocycles. The second kappa shape index (κ2) is 8.25. The fraction of sp³-hybridized carbons (Fsp3) is 0.462. The van der Waals surface area contributed by atoms with E-state index in [0.29, 0.717) is 6.61 Å². The number of rotatable bonds is 7. The van der Waals surface area contributed by atoms with E-state index in [1.807, 2.05) is 24.3 Å². The summed E-state index contributed by atoms with van der Waals surface area (Å²) in [6, 6.07) is 7.99. The molecule has 4 heteroatoms. The smallest absolute Gasteiger partial charge is 0.316 e. The summed E-state index contributed by atoms with van der Waals surface area (Å²) < 4.78 is 5.03. The van der Waals surface area contributed by atoms with Gasteiger partial charge in [-0.05, 0) is 30.4 Å².